The molecule has 1 saturated carbocycles. The van der Waals surface area contributed by atoms with Crippen LogP contribution in [0.1, 0.15) is 42.9 Å². The number of nitrogens with two attached hydrogens (primary N) is 1. The zero-order chi connectivity index (χ0) is 12.4. The lowest BCUT2D eigenvalue weighted by Crippen LogP contribution is -2.11. The molecule has 18 heavy (non-hydrogen) atoms. The summed E-state index contributed by atoms with van der Waals surface area (Å²) in [4.78, 5) is 4.10. The summed E-state index contributed by atoms with van der Waals surface area (Å²) in [6, 6.07) is 1.82. The second-order valence-corrected chi connectivity index (χ2v) is 4.43. The Morgan fingerprint density at radius 2 is 2.17 bits per heavy atom. The molecular formula is C12H17ClF2N2O. The highest BCUT2D eigenvalue weighted by molar-refractivity contribution is 5.85. The molecule has 0 aromatic carbocycles. The minimum Gasteiger partial charge on any atom is -0.471 e. The van der Waals surface area contributed by atoms with E-state index in [9.17, 15) is 8.78 Å². The van der Waals surface area contributed by atoms with Crippen molar-refractivity contribution >= 4 is 12.4 Å². The van der Waals surface area contributed by atoms with Gasteiger partial charge in [-0.15, -0.1) is 12.4 Å². The number of nitrogens with zero attached hydrogens (tertiary/aromatic N) is 1. The third-order valence-corrected chi connectivity index (χ3v) is 2.79. The van der Waals surface area contributed by atoms with Gasteiger partial charge in [0.15, 0.2) is 6.61 Å². The minimum atomic E-state index is -2.48. The predicted molar refractivity (Wildman–Crippen MR) is 67.6 cm³/mol. The molecule has 1 heterocycles. The number of alkyl halides is 2. The van der Waals surface area contributed by atoms with Crippen molar-refractivity contribution in [2.24, 2.45) is 5.73 Å². The van der Waals surface area contributed by atoms with Crippen molar-refractivity contribution in [1.29, 1.82) is 0 Å². The maximum absolute atomic E-state index is 12.1. The molecule has 3 nitrogen and oxygen atoms in total. The molecule has 1 unspecified atom stereocenters. The van der Waals surface area contributed by atoms with Gasteiger partial charge in [0.05, 0.1) is 0 Å². The van der Waals surface area contributed by atoms with Crippen LogP contribution in [0.5, 0.6) is 5.88 Å². The van der Waals surface area contributed by atoms with E-state index in [2.05, 4.69) is 4.98 Å². The lowest BCUT2D eigenvalue weighted by Gasteiger charge is -2.12. The Kier molecular flexibility index (Phi) is 5.28. The fourth-order valence-electron chi connectivity index (χ4n) is 1.68. The van der Waals surface area contributed by atoms with Crippen LogP contribution in [0.3, 0.4) is 0 Å². The van der Waals surface area contributed by atoms with Gasteiger partial charge in [-0.2, -0.15) is 0 Å². The second kappa shape index (κ2) is 6.29. The molecule has 2 N–H and O–H groups in total. The largest absolute Gasteiger partial charge is 0.471 e. The highest BCUT2D eigenvalue weighted by Crippen LogP contribution is 2.44. The van der Waals surface area contributed by atoms with Gasteiger partial charge in [0.1, 0.15) is 0 Å². The van der Waals surface area contributed by atoms with E-state index >= 15 is 0 Å². The number of aromatic nitrogens is 1. The SMILES string of the molecule is CC(N)c1cnc(OCC(F)F)c(C2CC2)c1.Cl. The number of hydrogen-bond acceptors (Lipinski definition) is 3. The van der Waals surface area contributed by atoms with Gasteiger partial charge in [0, 0.05) is 17.8 Å². The van der Waals surface area contributed by atoms with Crippen LogP contribution in [0.2, 0.25) is 0 Å². The van der Waals surface area contributed by atoms with Crippen LogP contribution in [0, 0.1) is 0 Å². The van der Waals surface area contributed by atoms with Crippen LogP contribution < -0.4 is 10.5 Å². The Morgan fingerprint density at radius 1 is 1.50 bits per heavy atom. The predicted octanol–water partition coefficient (Wildman–Crippen LogP) is 3.04. The molecule has 1 aliphatic carbocycles. The van der Waals surface area contributed by atoms with Crippen LogP contribution in [-0.2, 0) is 0 Å². The summed E-state index contributed by atoms with van der Waals surface area (Å²) in [5.41, 5.74) is 7.60. The molecule has 1 atom stereocenters. The van der Waals surface area contributed by atoms with Gasteiger partial charge in [-0.1, -0.05) is 0 Å². The Bertz CT molecular complexity index is 398. The molecule has 1 aromatic rings. The lowest BCUT2D eigenvalue weighted by molar-refractivity contribution is 0.0790. The van der Waals surface area contributed by atoms with Gasteiger partial charge in [0.25, 0.3) is 6.43 Å². The van der Waals surface area contributed by atoms with Crippen molar-refractivity contribution in [1.82, 2.24) is 4.98 Å². The van der Waals surface area contributed by atoms with Gasteiger partial charge in [-0.25, -0.2) is 13.8 Å². The summed E-state index contributed by atoms with van der Waals surface area (Å²) in [6.07, 6.45) is 1.25. The van der Waals surface area contributed by atoms with Crippen molar-refractivity contribution in [3.05, 3.63) is 23.4 Å². The molecule has 0 saturated heterocycles. The van der Waals surface area contributed by atoms with Crippen LogP contribution in [0.4, 0.5) is 8.78 Å². The van der Waals surface area contributed by atoms with Gasteiger partial charge in [-0.3, -0.25) is 0 Å². The quantitative estimate of drug-likeness (QED) is 0.900. The molecule has 0 radical (unpaired) electrons. The first kappa shape index (κ1) is 15.1. The third-order valence-electron chi connectivity index (χ3n) is 2.79. The molecule has 102 valence electrons. The van der Waals surface area contributed by atoms with Crippen LogP contribution in [-0.4, -0.2) is 18.0 Å². The highest BCUT2D eigenvalue weighted by atomic mass is 35.5. The third kappa shape index (κ3) is 3.78. The fourth-order valence-corrected chi connectivity index (χ4v) is 1.68. The zero-order valence-corrected chi connectivity index (χ0v) is 10.9. The maximum atomic E-state index is 12.1. The molecule has 1 fully saturated rings. The monoisotopic (exact) mass is 278 g/mol. The molecule has 0 spiro atoms. The Balaban J connectivity index is 0.00000162. The van der Waals surface area contributed by atoms with E-state index < -0.39 is 13.0 Å². The summed E-state index contributed by atoms with van der Waals surface area (Å²) in [7, 11) is 0. The molecule has 0 bridgehead atoms. The summed E-state index contributed by atoms with van der Waals surface area (Å²) < 4.78 is 29.2. The molecule has 0 amide bonds. The van der Waals surface area contributed by atoms with Crippen LogP contribution in [0.15, 0.2) is 12.3 Å². The summed E-state index contributed by atoms with van der Waals surface area (Å²) in [5, 5.41) is 0. The molecular weight excluding hydrogens is 262 g/mol. The van der Waals surface area contributed by atoms with Gasteiger partial charge >= 0.3 is 0 Å². The fraction of sp³-hybridized carbons (Fsp3) is 0.583. The number of rotatable bonds is 5. The van der Waals surface area contributed by atoms with Gasteiger partial charge < -0.3 is 10.5 Å². The zero-order valence-electron chi connectivity index (χ0n) is 10.1. The second-order valence-electron chi connectivity index (χ2n) is 4.43. The van der Waals surface area contributed by atoms with E-state index in [1.54, 1.807) is 6.20 Å². The van der Waals surface area contributed by atoms with Crippen molar-refractivity contribution in [2.75, 3.05) is 6.61 Å². The smallest absolute Gasteiger partial charge is 0.272 e. The number of halogens is 3. The topological polar surface area (TPSA) is 48.1 Å². The van der Waals surface area contributed by atoms with E-state index in [-0.39, 0.29) is 18.4 Å². The lowest BCUT2D eigenvalue weighted by atomic mass is 10.1. The standard InChI is InChI=1S/C12H16F2N2O.ClH/c1-7(15)9-4-10(8-2-3-8)12(16-5-9)17-6-11(13)14;/h4-5,7-8,11H,2-3,6,15H2,1H3;1H. The average molecular weight is 279 g/mol. The van der Waals surface area contributed by atoms with Crippen LogP contribution in [0.25, 0.3) is 0 Å². The van der Waals surface area contributed by atoms with E-state index in [0.29, 0.717) is 11.8 Å². The molecule has 1 aliphatic rings. The van der Waals surface area contributed by atoms with E-state index in [1.807, 2.05) is 13.0 Å². The Hall–Kier alpha value is -0.940. The van der Waals surface area contributed by atoms with Crippen molar-refractivity contribution in [3.63, 3.8) is 0 Å². The first-order valence-corrected chi connectivity index (χ1v) is 5.74. The van der Waals surface area contributed by atoms with Crippen molar-refractivity contribution in [2.45, 2.75) is 38.2 Å². The van der Waals surface area contributed by atoms with Gasteiger partial charge in [0.2, 0.25) is 5.88 Å². The number of hydrogen-bond donors (Lipinski definition) is 1. The first-order chi connectivity index (χ1) is 8.08. The van der Waals surface area contributed by atoms with Gasteiger partial charge in [-0.05, 0) is 37.3 Å². The summed E-state index contributed by atoms with van der Waals surface area (Å²) >= 11 is 0. The minimum absolute atomic E-state index is 0. The van der Waals surface area contributed by atoms with E-state index in [0.717, 1.165) is 24.0 Å². The Labute approximate surface area is 111 Å². The Morgan fingerprint density at radius 3 is 2.67 bits per heavy atom. The first-order valence-electron chi connectivity index (χ1n) is 5.74. The van der Waals surface area contributed by atoms with E-state index in [4.69, 9.17) is 10.5 Å². The van der Waals surface area contributed by atoms with Crippen LogP contribution >= 0.6 is 12.4 Å². The molecule has 6 heteroatoms. The number of pyridine rings is 1. The molecule has 1 aromatic heterocycles. The average Bonchev–Trinajstić information content (AvgIpc) is 3.09. The van der Waals surface area contributed by atoms with Crippen molar-refractivity contribution < 1.29 is 13.5 Å². The number of ether oxygens (including phenoxy) is 1. The highest BCUT2D eigenvalue weighted by Gasteiger charge is 2.28. The summed E-state index contributed by atoms with van der Waals surface area (Å²) in [5.74, 6) is 0.728. The molecule has 2 rings (SSSR count). The molecule has 0 aliphatic heterocycles. The van der Waals surface area contributed by atoms with Crippen molar-refractivity contribution in [3.8, 4) is 5.88 Å². The van der Waals surface area contributed by atoms with E-state index in [1.165, 1.54) is 0 Å². The summed E-state index contributed by atoms with van der Waals surface area (Å²) in [6.45, 7) is 1.26. The normalized spacial score (nSPS) is 16.3. The maximum Gasteiger partial charge on any atom is 0.272 e.